The number of hydrogen-bond acceptors (Lipinski definition) is 2. The van der Waals surface area contributed by atoms with Gasteiger partial charge >= 0.3 is 0 Å². The molecule has 4 bridgehead atoms. The molecule has 0 aliphatic heterocycles. The highest BCUT2D eigenvalue weighted by molar-refractivity contribution is 5.38. The van der Waals surface area contributed by atoms with Crippen LogP contribution in [0.25, 0.3) is 0 Å². The molecular formula is C20H32O2. The zero-order valence-corrected chi connectivity index (χ0v) is 14.7. The van der Waals surface area contributed by atoms with Gasteiger partial charge in [0.25, 0.3) is 0 Å². The quantitative estimate of drug-likeness (QED) is 0.717. The normalized spacial score (nSPS) is 55.5. The molecule has 0 aromatic rings. The van der Waals surface area contributed by atoms with Gasteiger partial charge in [0, 0.05) is 10.8 Å². The topological polar surface area (TPSA) is 40.5 Å². The molecular weight excluding hydrogens is 272 g/mol. The van der Waals surface area contributed by atoms with Gasteiger partial charge in [-0.2, -0.15) is 0 Å². The SMILES string of the molecule is CC1(C)C2CC[C@]3(C)C4(C2)C(CO)=CCC[C@@]4(C)CC[C@]13O. The van der Waals surface area contributed by atoms with E-state index in [2.05, 4.69) is 33.8 Å². The lowest BCUT2D eigenvalue weighted by atomic mass is 9.25. The smallest absolute Gasteiger partial charge is 0.0763 e. The first-order valence-electron chi connectivity index (χ1n) is 9.21. The van der Waals surface area contributed by atoms with Gasteiger partial charge in [-0.05, 0) is 67.3 Å². The van der Waals surface area contributed by atoms with E-state index in [0.717, 1.165) is 25.7 Å². The average Bonchev–Trinajstić information content (AvgIpc) is 2.47. The van der Waals surface area contributed by atoms with Crippen LogP contribution in [0, 0.1) is 27.6 Å². The molecule has 0 radical (unpaired) electrons. The van der Waals surface area contributed by atoms with Crippen LogP contribution in [-0.2, 0) is 0 Å². The number of aliphatic hydroxyl groups is 2. The molecule has 0 heterocycles. The van der Waals surface area contributed by atoms with E-state index >= 15 is 0 Å². The van der Waals surface area contributed by atoms with Crippen molar-refractivity contribution >= 4 is 0 Å². The predicted molar refractivity (Wildman–Crippen MR) is 88.4 cm³/mol. The van der Waals surface area contributed by atoms with Crippen molar-refractivity contribution in [2.75, 3.05) is 6.61 Å². The fourth-order valence-electron chi connectivity index (χ4n) is 7.93. The van der Waals surface area contributed by atoms with Gasteiger partial charge in [0.2, 0.25) is 0 Å². The van der Waals surface area contributed by atoms with Crippen LogP contribution in [0.5, 0.6) is 0 Å². The van der Waals surface area contributed by atoms with E-state index in [0.29, 0.717) is 5.92 Å². The standard InChI is InChI=1S/C20H32O2/c1-16(2)14-7-9-18(4)19(12-14)15(13-21)6-5-8-17(19,3)10-11-20(16,18)22/h6,14,21-22H,5,7-13H2,1-4H3/t14?,17-,18+,19?,20-/m0/s1. The molecule has 5 aliphatic rings. The second kappa shape index (κ2) is 4.00. The molecule has 5 atom stereocenters. The van der Waals surface area contributed by atoms with Gasteiger partial charge < -0.3 is 10.2 Å². The molecule has 2 unspecified atom stereocenters. The Bertz CT molecular complexity index is 550. The summed E-state index contributed by atoms with van der Waals surface area (Å²) in [6.07, 6.45) is 10.2. The van der Waals surface area contributed by atoms with Crippen molar-refractivity contribution in [1.29, 1.82) is 0 Å². The summed E-state index contributed by atoms with van der Waals surface area (Å²) in [7, 11) is 0. The zero-order valence-electron chi connectivity index (χ0n) is 14.7. The summed E-state index contributed by atoms with van der Waals surface area (Å²) < 4.78 is 0. The van der Waals surface area contributed by atoms with Crippen LogP contribution in [0.1, 0.15) is 72.6 Å². The molecule has 0 amide bonds. The summed E-state index contributed by atoms with van der Waals surface area (Å²) in [5.41, 5.74) is 0.813. The van der Waals surface area contributed by atoms with Crippen LogP contribution >= 0.6 is 0 Å². The van der Waals surface area contributed by atoms with E-state index in [1.165, 1.54) is 24.8 Å². The van der Waals surface area contributed by atoms with Crippen LogP contribution in [0.3, 0.4) is 0 Å². The average molecular weight is 304 g/mol. The largest absolute Gasteiger partial charge is 0.392 e. The maximum Gasteiger partial charge on any atom is 0.0763 e. The van der Waals surface area contributed by atoms with Crippen molar-refractivity contribution in [2.45, 2.75) is 78.2 Å². The Labute approximate surface area is 135 Å². The van der Waals surface area contributed by atoms with Gasteiger partial charge in [0.05, 0.1) is 12.2 Å². The molecule has 0 aromatic carbocycles. The fraction of sp³-hybridized carbons (Fsp3) is 0.900. The van der Waals surface area contributed by atoms with Crippen LogP contribution in [-0.4, -0.2) is 22.4 Å². The van der Waals surface area contributed by atoms with Crippen molar-refractivity contribution in [2.24, 2.45) is 27.6 Å². The summed E-state index contributed by atoms with van der Waals surface area (Å²) in [5, 5.41) is 22.1. The number of rotatable bonds is 1. The minimum atomic E-state index is -0.591. The Morgan fingerprint density at radius 3 is 2.50 bits per heavy atom. The lowest BCUT2D eigenvalue weighted by molar-refractivity contribution is -0.339. The summed E-state index contributed by atoms with van der Waals surface area (Å²) in [6.45, 7) is 9.59. The summed E-state index contributed by atoms with van der Waals surface area (Å²) >= 11 is 0. The van der Waals surface area contributed by atoms with Gasteiger partial charge in [0.15, 0.2) is 0 Å². The highest BCUT2D eigenvalue weighted by Gasteiger charge is 2.79. The lowest BCUT2D eigenvalue weighted by Gasteiger charge is -2.80. The molecule has 5 aliphatic carbocycles. The number of hydrogen-bond donors (Lipinski definition) is 2. The Hall–Kier alpha value is -0.340. The Morgan fingerprint density at radius 2 is 1.82 bits per heavy atom. The number of fused-ring (bicyclic) bond motifs is 1. The lowest BCUT2D eigenvalue weighted by Crippen LogP contribution is -2.78. The first-order chi connectivity index (χ1) is 10.2. The molecule has 5 rings (SSSR count). The van der Waals surface area contributed by atoms with E-state index < -0.39 is 5.60 Å². The molecule has 1 spiro atoms. The van der Waals surface area contributed by atoms with Crippen molar-refractivity contribution in [1.82, 2.24) is 0 Å². The number of allylic oxidation sites excluding steroid dienone is 1. The summed E-state index contributed by atoms with van der Waals surface area (Å²) in [4.78, 5) is 0. The van der Waals surface area contributed by atoms with Gasteiger partial charge in [-0.25, -0.2) is 0 Å². The molecule has 2 N–H and O–H groups in total. The zero-order chi connectivity index (χ0) is 16.0. The molecule has 2 nitrogen and oxygen atoms in total. The van der Waals surface area contributed by atoms with Gasteiger partial charge in [-0.15, -0.1) is 0 Å². The minimum Gasteiger partial charge on any atom is -0.392 e. The Morgan fingerprint density at radius 1 is 1.09 bits per heavy atom. The second-order valence-electron chi connectivity index (χ2n) is 9.75. The molecule has 0 aromatic heterocycles. The van der Waals surface area contributed by atoms with Crippen molar-refractivity contribution in [3.05, 3.63) is 11.6 Å². The van der Waals surface area contributed by atoms with Crippen LogP contribution < -0.4 is 0 Å². The van der Waals surface area contributed by atoms with E-state index in [1.807, 2.05) is 0 Å². The third-order valence-corrected chi connectivity index (χ3v) is 9.36. The molecule has 22 heavy (non-hydrogen) atoms. The van der Waals surface area contributed by atoms with E-state index in [4.69, 9.17) is 0 Å². The monoisotopic (exact) mass is 304 g/mol. The maximum atomic E-state index is 11.9. The van der Waals surface area contributed by atoms with E-state index in [1.54, 1.807) is 0 Å². The van der Waals surface area contributed by atoms with Crippen molar-refractivity contribution in [3.63, 3.8) is 0 Å². The van der Waals surface area contributed by atoms with Crippen LogP contribution in [0.15, 0.2) is 11.6 Å². The second-order valence-corrected chi connectivity index (χ2v) is 9.75. The molecule has 4 fully saturated rings. The van der Waals surface area contributed by atoms with Crippen molar-refractivity contribution < 1.29 is 10.2 Å². The highest BCUT2D eigenvalue weighted by Crippen LogP contribution is 2.82. The van der Waals surface area contributed by atoms with E-state index in [-0.39, 0.29) is 28.3 Å². The van der Waals surface area contributed by atoms with Gasteiger partial charge in [-0.1, -0.05) is 33.8 Å². The third kappa shape index (κ3) is 1.23. The summed E-state index contributed by atoms with van der Waals surface area (Å²) in [6, 6.07) is 0. The fourth-order valence-corrected chi connectivity index (χ4v) is 7.93. The molecule has 2 heteroatoms. The molecule has 4 saturated carbocycles. The van der Waals surface area contributed by atoms with Gasteiger partial charge in [-0.3, -0.25) is 0 Å². The number of aliphatic hydroxyl groups excluding tert-OH is 1. The maximum absolute atomic E-state index is 11.9. The third-order valence-electron chi connectivity index (χ3n) is 9.36. The highest BCUT2D eigenvalue weighted by atomic mass is 16.3. The van der Waals surface area contributed by atoms with Gasteiger partial charge in [0.1, 0.15) is 0 Å². The van der Waals surface area contributed by atoms with Crippen molar-refractivity contribution in [3.8, 4) is 0 Å². The summed E-state index contributed by atoms with van der Waals surface area (Å²) in [5.74, 6) is 0.576. The Balaban J connectivity index is 2.01. The van der Waals surface area contributed by atoms with Crippen LogP contribution in [0.2, 0.25) is 0 Å². The van der Waals surface area contributed by atoms with E-state index in [9.17, 15) is 10.2 Å². The first kappa shape index (κ1) is 15.2. The Kier molecular flexibility index (Phi) is 2.77. The first-order valence-corrected chi connectivity index (χ1v) is 9.21. The minimum absolute atomic E-state index is 0.00933. The molecule has 124 valence electrons. The molecule has 0 saturated heterocycles. The predicted octanol–water partition coefficient (Wildman–Crippen LogP) is 4.06. The van der Waals surface area contributed by atoms with Crippen LogP contribution in [0.4, 0.5) is 0 Å².